The normalized spacial score (nSPS) is 10.7. The van der Waals surface area contributed by atoms with Crippen molar-refractivity contribution in [1.82, 2.24) is 4.98 Å². The van der Waals surface area contributed by atoms with Gasteiger partial charge in [-0.25, -0.2) is 4.98 Å². The van der Waals surface area contributed by atoms with Crippen molar-refractivity contribution >= 4 is 31.9 Å². The fourth-order valence-corrected chi connectivity index (χ4v) is 2.21. The van der Waals surface area contributed by atoms with Crippen LogP contribution in [-0.4, -0.2) is 4.98 Å². The highest BCUT2D eigenvalue weighted by molar-refractivity contribution is 9.10. The van der Waals surface area contributed by atoms with Crippen LogP contribution in [-0.2, 0) is 0 Å². The molecule has 2 nitrogen and oxygen atoms in total. The monoisotopic (exact) mass is 369 g/mol. The molecule has 0 atom stereocenters. The molecule has 18 heavy (non-hydrogen) atoms. The van der Waals surface area contributed by atoms with Crippen LogP contribution in [0.25, 0.3) is 0 Å². The SMILES string of the molecule is CC(C)c1cc(Br)ccc1Oc1ccc(Br)cn1. The van der Waals surface area contributed by atoms with Crippen molar-refractivity contribution in [1.29, 1.82) is 0 Å². The zero-order valence-electron chi connectivity index (χ0n) is 10.2. The zero-order chi connectivity index (χ0) is 13.1. The van der Waals surface area contributed by atoms with Crippen molar-refractivity contribution in [3.63, 3.8) is 0 Å². The second-order valence-electron chi connectivity index (χ2n) is 4.25. The Balaban J connectivity index is 2.31. The Kier molecular flexibility index (Phi) is 4.40. The third kappa shape index (κ3) is 3.33. The van der Waals surface area contributed by atoms with E-state index in [1.807, 2.05) is 24.3 Å². The second-order valence-corrected chi connectivity index (χ2v) is 6.08. The van der Waals surface area contributed by atoms with Crippen LogP contribution in [0.5, 0.6) is 11.6 Å². The molecule has 2 aromatic rings. The molecule has 0 fully saturated rings. The first-order valence-electron chi connectivity index (χ1n) is 5.65. The molecule has 1 heterocycles. The number of halogens is 2. The summed E-state index contributed by atoms with van der Waals surface area (Å²) in [5, 5.41) is 0. The molecule has 1 aromatic heterocycles. The highest BCUT2D eigenvalue weighted by atomic mass is 79.9. The lowest BCUT2D eigenvalue weighted by molar-refractivity contribution is 0.454. The van der Waals surface area contributed by atoms with Gasteiger partial charge in [0.05, 0.1) is 0 Å². The van der Waals surface area contributed by atoms with Gasteiger partial charge >= 0.3 is 0 Å². The molecule has 94 valence electrons. The van der Waals surface area contributed by atoms with Crippen LogP contribution in [0.2, 0.25) is 0 Å². The largest absolute Gasteiger partial charge is 0.439 e. The fourth-order valence-electron chi connectivity index (χ4n) is 1.60. The number of benzene rings is 1. The van der Waals surface area contributed by atoms with Gasteiger partial charge in [-0.1, -0.05) is 29.8 Å². The maximum Gasteiger partial charge on any atom is 0.219 e. The smallest absolute Gasteiger partial charge is 0.219 e. The molecule has 0 unspecified atom stereocenters. The van der Waals surface area contributed by atoms with Gasteiger partial charge in [-0.2, -0.15) is 0 Å². The van der Waals surface area contributed by atoms with Crippen molar-refractivity contribution in [2.75, 3.05) is 0 Å². The van der Waals surface area contributed by atoms with E-state index in [1.165, 1.54) is 0 Å². The molecule has 0 N–H and O–H groups in total. The van der Waals surface area contributed by atoms with Crippen molar-refractivity contribution in [2.45, 2.75) is 19.8 Å². The Morgan fingerprint density at radius 1 is 1.06 bits per heavy atom. The molecule has 4 heteroatoms. The van der Waals surface area contributed by atoms with E-state index in [0.717, 1.165) is 20.3 Å². The molecule has 0 aliphatic carbocycles. The van der Waals surface area contributed by atoms with Gasteiger partial charge in [0, 0.05) is 21.2 Å². The summed E-state index contributed by atoms with van der Waals surface area (Å²) >= 11 is 6.84. The third-order valence-electron chi connectivity index (χ3n) is 2.51. The van der Waals surface area contributed by atoms with Crippen LogP contribution >= 0.6 is 31.9 Å². The Morgan fingerprint density at radius 3 is 2.39 bits per heavy atom. The lowest BCUT2D eigenvalue weighted by atomic mass is 10.0. The summed E-state index contributed by atoms with van der Waals surface area (Å²) in [7, 11) is 0. The predicted molar refractivity (Wildman–Crippen MR) is 80.2 cm³/mol. The number of nitrogens with zero attached hydrogens (tertiary/aromatic N) is 1. The fraction of sp³-hybridized carbons (Fsp3) is 0.214. The van der Waals surface area contributed by atoms with E-state index in [1.54, 1.807) is 6.20 Å². The van der Waals surface area contributed by atoms with Crippen molar-refractivity contribution in [3.05, 3.63) is 51.0 Å². The maximum atomic E-state index is 5.83. The first kappa shape index (κ1) is 13.6. The van der Waals surface area contributed by atoms with Gasteiger partial charge in [-0.3, -0.25) is 0 Å². The van der Waals surface area contributed by atoms with E-state index in [2.05, 4.69) is 56.8 Å². The summed E-state index contributed by atoms with van der Waals surface area (Å²) in [6.45, 7) is 4.29. The minimum Gasteiger partial charge on any atom is -0.439 e. The summed E-state index contributed by atoms with van der Waals surface area (Å²) in [5.41, 5.74) is 1.16. The molecule has 0 radical (unpaired) electrons. The van der Waals surface area contributed by atoms with Gasteiger partial charge in [0.25, 0.3) is 0 Å². The van der Waals surface area contributed by atoms with Gasteiger partial charge in [-0.05, 0) is 51.7 Å². The van der Waals surface area contributed by atoms with E-state index in [9.17, 15) is 0 Å². The summed E-state index contributed by atoms with van der Waals surface area (Å²) in [6, 6.07) is 9.77. The lowest BCUT2D eigenvalue weighted by Gasteiger charge is -2.13. The quantitative estimate of drug-likeness (QED) is 0.709. The molecule has 0 aliphatic heterocycles. The van der Waals surface area contributed by atoms with Crippen LogP contribution in [0.4, 0.5) is 0 Å². The highest BCUT2D eigenvalue weighted by Gasteiger charge is 2.10. The van der Waals surface area contributed by atoms with Crippen LogP contribution in [0.3, 0.4) is 0 Å². The number of rotatable bonds is 3. The predicted octanol–water partition coefficient (Wildman–Crippen LogP) is 5.52. The van der Waals surface area contributed by atoms with E-state index in [-0.39, 0.29) is 0 Å². The molecule has 0 saturated heterocycles. The number of pyridine rings is 1. The van der Waals surface area contributed by atoms with E-state index in [4.69, 9.17) is 4.74 Å². The number of ether oxygens (including phenoxy) is 1. The van der Waals surface area contributed by atoms with Gasteiger partial charge in [0.2, 0.25) is 5.88 Å². The highest BCUT2D eigenvalue weighted by Crippen LogP contribution is 2.32. The first-order chi connectivity index (χ1) is 8.56. The average Bonchev–Trinajstić information content (AvgIpc) is 2.34. The minimum absolute atomic E-state index is 0.396. The van der Waals surface area contributed by atoms with E-state index >= 15 is 0 Å². The van der Waals surface area contributed by atoms with E-state index in [0.29, 0.717) is 11.8 Å². The standard InChI is InChI=1S/C14H13Br2NO/c1-9(2)12-7-10(15)3-5-13(12)18-14-6-4-11(16)8-17-14/h3-9H,1-2H3. The van der Waals surface area contributed by atoms with Crippen LogP contribution in [0.15, 0.2) is 45.5 Å². The van der Waals surface area contributed by atoms with Crippen molar-refractivity contribution in [2.24, 2.45) is 0 Å². The number of hydrogen-bond donors (Lipinski definition) is 0. The van der Waals surface area contributed by atoms with Crippen LogP contribution in [0, 0.1) is 0 Å². The summed E-state index contributed by atoms with van der Waals surface area (Å²) in [4.78, 5) is 4.22. The number of hydrogen-bond acceptors (Lipinski definition) is 2. The van der Waals surface area contributed by atoms with Gasteiger partial charge in [0.15, 0.2) is 0 Å². The molecule has 0 spiro atoms. The molecular formula is C14H13Br2NO. The Labute approximate surface area is 124 Å². The van der Waals surface area contributed by atoms with Crippen LogP contribution < -0.4 is 4.74 Å². The lowest BCUT2D eigenvalue weighted by Crippen LogP contribution is -1.95. The second kappa shape index (κ2) is 5.85. The molecule has 0 bridgehead atoms. The third-order valence-corrected chi connectivity index (χ3v) is 3.47. The molecule has 2 rings (SSSR count). The Morgan fingerprint density at radius 2 is 1.78 bits per heavy atom. The molecular weight excluding hydrogens is 358 g/mol. The topological polar surface area (TPSA) is 22.1 Å². The van der Waals surface area contributed by atoms with Gasteiger partial charge < -0.3 is 4.74 Å². The first-order valence-corrected chi connectivity index (χ1v) is 7.23. The van der Waals surface area contributed by atoms with E-state index < -0.39 is 0 Å². The van der Waals surface area contributed by atoms with Gasteiger partial charge in [0.1, 0.15) is 5.75 Å². The minimum atomic E-state index is 0.396. The Bertz CT molecular complexity index is 538. The Hall–Kier alpha value is -0.870. The molecule has 0 amide bonds. The average molecular weight is 371 g/mol. The van der Waals surface area contributed by atoms with Crippen molar-refractivity contribution < 1.29 is 4.74 Å². The van der Waals surface area contributed by atoms with Crippen molar-refractivity contribution in [3.8, 4) is 11.6 Å². The summed E-state index contributed by atoms with van der Waals surface area (Å²) < 4.78 is 7.83. The maximum absolute atomic E-state index is 5.83. The molecule has 0 saturated carbocycles. The van der Waals surface area contributed by atoms with Crippen LogP contribution in [0.1, 0.15) is 25.3 Å². The number of aromatic nitrogens is 1. The molecule has 0 aliphatic rings. The molecule has 1 aromatic carbocycles. The summed E-state index contributed by atoms with van der Waals surface area (Å²) in [5.74, 6) is 1.85. The van der Waals surface area contributed by atoms with Gasteiger partial charge in [-0.15, -0.1) is 0 Å². The zero-order valence-corrected chi connectivity index (χ0v) is 13.3. The summed E-state index contributed by atoms with van der Waals surface area (Å²) in [6.07, 6.45) is 1.73.